The normalized spacial score (nSPS) is 15.7. The Labute approximate surface area is 388 Å². The van der Waals surface area contributed by atoms with Crippen molar-refractivity contribution in [1.29, 1.82) is 0 Å². The minimum atomic E-state index is -0.132. The Morgan fingerprint density at radius 1 is 0.424 bits per heavy atom. The van der Waals surface area contributed by atoms with Gasteiger partial charge in [-0.25, -0.2) is 0 Å². The summed E-state index contributed by atoms with van der Waals surface area (Å²) in [6, 6.07) is 67.3. The third-order valence-corrected chi connectivity index (χ3v) is 15.3. The van der Waals surface area contributed by atoms with E-state index in [4.69, 9.17) is 0 Å². The molecular weight excluding hydrogens is 797 g/mol. The van der Waals surface area contributed by atoms with Crippen molar-refractivity contribution in [1.82, 2.24) is 0 Å². The lowest BCUT2D eigenvalue weighted by molar-refractivity contribution is 0.660. The molecule has 9 aromatic rings. The van der Waals surface area contributed by atoms with Gasteiger partial charge in [-0.3, -0.25) is 0 Å². The van der Waals surface area contributed by atoms with Crippen molar-refractivity contribution in [3.63, 3.8) is 0 Å². The lowest BCUT2D eigenvalue weighted by Crippen LogP contribution is -2.18. The van der Waals surface area contributed by atoms with Crippen molar-refractivity contribution in [2.24, 2.45) is 0 Å². The highest BCUT2D eigenvalue weighted by molar-refractivity contribution is 6.23. The van der Waals surface area contributed by atoms with Gasteiger partial charge >= 0.3 is 0 Å². The van der Waals surface area contributed by atoms with Crippen LogP contribution in [0.15, 0.2) is 199 Å². The van der Waals surface area contributed by atoms with Gasteiger partial charge in [0.15, 0.2) is 0 Å². The van der Waals surface area contributed by atoms with E-state index in [1.165, 1.54) is 122 Å². The minimum absolute atomic E-state index is 0.132. The predicted molar refractivity (Wildman–Crippen MR) is 279 cm³/mol. The molecule has 2 nitrogen and oxygen atoms in total. The van der Waals surface area contributed by atoms with Crippen LogP contribution in [0.1, 0.15) is 66.5 Å². The summed E-state index contributed by atoms with van der Waals surface area (Å²) in [6.07, 6.45) is 11.2. The van der Waals surface area contributed by atoms with Gasteiger partial charge in [0.1, 0.15) is 0 Å². The van der Waals surface area contributed by atoms with Gasteiger partial charge in [0.2, 0.25) is 0 Å². The van der Waals surface area contributed by atoms with Crippen LogP contribution in [0.25, 0.3) is 54.9 Å². The van der Waals surface area contributed by atoms with E-state index in [2.05, 4.69) is 219 Å². The molecule has 0 spiro atoms. The van der Waals surface area contributed by atoms with E-state index in [0.29, 0.717) is 0 Å². The topological polar surface area (TPSA) is 6.48 Å². The number of nitrogens with zero attached hydrogens (tertiary/aromatic N) is 2. The van der Waals surface area contributed by atoms with Crippen molar-refractivity contribution in [2.45, 2.75) is 64.7 Å². The van der Waals surface area contributed by atoms with Crippen molar-refractivity contribution in [2.75, 3.05) is 9.80 Å². The molecule has 0 atom stereocenters. The summed E-state index contributed by atoms with van der Waals surface area (Å²) in [4.78, 5) is 5.10. The Morgan fingerprint density at radius 2 is 0.985 bits per heavy atom. The average Bonchev–Trinajstić information content (AvgIpc) is 3.47. The molecule has 0 amide bonds. The molecule has 0 radical (unpaired) electrons. The van der Waals surface area contributed by atoms with E-state index in [-0.39, 0.29) is 5.41 Å². The van der Waals surface area contributed by atoms with Crippen LogP contribution >= 0.6 is 0 Å². The zero-order chi connectivity index (χ0) is 44.1. The highest BCUT2D eigenvalue weighted by Gasteiger charge is 2.36. The number of rotatable bonds is 4. The Bertz CT molecular complexity index is 3500. The van der Waals surface area contributed by atoms with Crippen LogP contribution in [-0.2, 0) is 24.7 Å². The Hall–Kier alpha value is -7.42. The summed E-state index contributed by atoms with van der Waals surface area (Å²) in [5.74, 6) is 0. The molecule has 0 fully saturated rings. The van der Waals surface area contributed by atoms with Crippen molar-refractivity contribution in [3.8, 4) is 33.4 Å². The highest BCUT2D eigenvalue weighted by Crippen LogP contribution is 2.53. The molecule has 13 rings (SSSR count). The van der Waals surface area contributed by atoms with E-state index in [1.807, 2.05) is 0 Å². The number of benzene rings is 9. The molecule has 2 heterocycles. The van der Waals surface area contributed by atoms with E-state index >= 15 is 0 Å². The number of fused-ring (bicyclic) bond motifs is 8. The number of aryl methyl sites for hydroxylation is 4. The molecule has 0 N–H and O–H groups in total. The van der Waals surface area contributed by atoms with Gasteiger partial charge in [-0.1, -0.05) is 153 Å². The average molecular weight is 849 g/mol. The van der Waals surface area contributed by atoms with Crippen LogP contribution in [-0.4, -0.2) is 0 Å². The van der Waals surface area contributed by atoms with Gasteiger partial charge in [0.05, 0.1) is 0 Å². The monoisotopic (exact) mass is 848 g/mol. The maximum Gasteiger partial charge on any atom is 0.0493 e. The highest BCUT2D eigenvalue weighted by atomic mass is 15.2. The van der Waals surface area contributed by atoms with Gasteiger partial charge in [0.25, 0.3) is 0 Å². The molecule has 2 heteroatoms. The molecule has 9 aromatic carbocycles. The predicted octanol–water partition coefficient (Wildman–Crippen LogP) is 17.2. The maximum absolute atomic E-state index is 2.58. The summed E-state index contributed by atoms with van der Waals surface area (Å²) in [5, 5.41) is 5.06. The first kappa shape index (κ1) is 39.0. The fourth-order valence-electron chi connectivity index (χ4n) is 12.1. The summed E-state index contributed by atoms with van der Waals surface area (Å²) in [5.41, 5.74) is 24.9. The third kappa shape index (κ3) is 6.01. The van der Waals surface area contributed by atoms with Crippen LogP contribution in [0.2, 0.25) is 0 Å². The lowest BCUT2D eigenvalue weighted by Gasteiger charge is -2.31. The first-order valence-electron chi connectivity index (χ1n) is 24.0. The molecule has 2 aliphatic carbocycles. The first-order valence-corrected chi connectivity index (χ1v) is 24.0. The summed E-state index contributed by atoms with van der Waals surface area (Å²) in [6.45, 7) is 7.03. The van der Waals surface area contributed by atoms with Gasteiger partial charge in [-0.15, -0.1) is 0 Å². The van der Waals surface area contributed by atoms with E-state index in [1.54, 1.807) is 5.57 Å². The van der Waals surface area contributed by atoms with E-state index < -0.39 is 0 Å². The van der Waals surface area contributed by atoms with E-state index in [9.17, 15) is 0 Å². The van der Waals surface area contributed by atoms with Crippen LogP contribution in [0.3, 0.4) is 0 Å². The van der Waals surface area contributed by atoms with Crippen LogP contribution < -0.4 is 9.80 Å². The second kappa shape index (κ2) is 15.1. The second-order valence-corrected chi connectivity index (χ2v) is 19.5. The van der Waals surface area contributed by atoms with Crippen LogP contribution in [0, 0.1) is 6.92 Å². The fourth-order valence-corrected chi connectivity index (χ4v) is 12.1. The zero-order valence-corrected chi connectivity index (χ0v) is 38.0. The van der Waals surface area contributed by atoms with Crippen molar-refractivity contribution < 1.29 is 0 Å². The lowest BCUT2D eigenvalue weighted by atomic mass is 9.80. The smallest absolute Gasteiger partial charge is 0.0493 e. The van der Waals surface area contributed by atoms with Crippen LogP contribution in [0.4, 0.5) is 28.4 Å². The molecule has 318 valence electrons. The molecule has 66 heavy (non-hydrogen) atoms. The van der Waals surface area contributed by atoms with E-state index in [0.717, 1.165) is 38.5 Å². The van der Waals surface area contributed by atoms with Gasteiger partial charge in [0, 0.05) is 39.5 Å². The van der Waals surface area contributed by atoms with Crippen LogP contribution in [0.5, 0.6) is 0 Å². The minimum Gasteiger partial charge on any atom is -0.310 e. The van der Waals surface area contributed by atoms with Crippen molar-refractivity contribution in [3.05, 3.63) is 233 Å². The zero-order valence-electron chi connectivity index (χ0n) is 38.0. The fraction of sp³-hybridized carbons (Fsp3) is 0.156. The molecule has 2 aliphatic heterocycles. The number of anilines is 5. The van der Waals surface area contributed by atoms with Gasteiger partial charge in [-0.05, 0) is 188 Å². The third-order valence-electron chi connectivity index (χ3n) is 15.3. The summed E-state index contributed by atoms with van der Waals surface area (Å²) < 4.78 is 0. The molecular formula is C64H52N2. The molecule has 0 bridgehead atoms. The first-order chi connectivity index (χ1) is 32.4. The molecule has 0 saturated heterocycles. The molecule has 0 unspecified atom stereocenters. The molecule has 4 aliphatic rings. The quantitative estimate of drug-likeness (QED) is 0.163. The largest absolute Gasteiger partial charge is 0.310 e. The standard InChI is InChI=1S/C64H52N2/c1-41-15-14-20-46(37-41)62-52-35-32-49(66-60-25-12-6-18-44(60)29-30-45-19-7-13-26-61(45)66)40-55(52)63(47-31-34-51-50-21-8-9-22-56(50)64(2,3)57(51)38-47)53-36-33-48(39-54(53)62)65-58-23-10-4-16-42(58)27-28-43-17-5-11-24-59(43)65/h4-6,8-18,20-26,31-40H,7,19,27-30H2,1-3H3. The Kier molecular flexibility index (Phi) is 8.90. The van der Waals surface area contributed by atoms with Crippen molar-refractivity contribution >= 4 is 50.0 Å². The number of hydrogen-bond acceptors (Lipinski definition) is 2. The molecule has 0 saturated carbocycles. The van der Waals surface area contributed by atoms with Gasteiger partial charge in [-0.2, -0.15) is 0 Å². The SMILES string of the molecule is Cc1cccc(-c2c3ccc(N4C5=C(CCC=C5)CCc5ccccc54)cc3c(-c3ccc4c(c3)C(C)(C)c3ccccc3-4)c3ccc(N4c5ccccc5CCc5ccccc54)cc23)c1. The summed E-state index contributed by atoms with van der Waals surface area (Å²) >= 11 is 0. The maximum atomic E-state index is 2.58. The molecule has 0 aromatic heterocycles. The summed E-state index contributed by atoms with van der Waals surface area (Å²) in [7, 11) is 0. The Morgan fingerprint density at radius 3 is 1.65 bits per heavy atom. The Balaban J connectivity index is 1.14. The number of para-hydroxylation sites is 3. The number of hydrogen-bond donors (Lipinski definition) is 0. The number of allylic oxidation sites excluding steroid dienone is 3. The van der Waals surface area contributed by atoms with Gasteiger partial charge < -0.3 is 9.80 Å². The second-order valence-electron chi connectivity index (χ2n) is 19.5.